The molecule has 5 nitrogen and oxygen atoms in total. The third kappa shape index (κ3) is 1.83. The second-order valence-corrected chi connectivity index (χ2v) is 5.40. The van der Waals surface area contributed by atoms with Gasteiger partial charge in [-0.3, -0.25) is 0 Å². The van der Waals surface area contributed by atoms with Crippen LogP contribution in [0.1, 0.15) is 0 Å². The third-order valence-corrected chi connectivity index (χ3v) is 3.85. The average Bonchev–Trinajstić information content (AvgIpc) is 2.73. The van der Waals surface area contributed by atoms with E-state index in [1.54, 1.807) is 0 Å². The van der Waals surface area contributed by atoms with Crippen LogP contribution in [0, 0.1) is 3.57 Å². The zero-order valence-corrected chi connectivity index (χ0v) is 12.3. The van der Waals surface area contributed by atoms with Crippen molar-refractivity contribution in [2.75, 3.05) is 11.5 Å². The first kappa shape index (κ1) is 12.2. The smallest absolute Gasteiger partial charge is 0.222 e. The van der Waals surface area contributed by atoms with E-state index in [4.69, 9.17) is 11.5 Å². The van der Waals surface area contributed by atoms with E-state index in [9.17, 15) is 0 Å². The molecular weight excluding hydrogens is 353 g/mol. The first-order valence-electron chi connectivity index (χ1n) is 5.72. The van der Waals surface area contributed by atoms with Crippen molar-refractivity contribution in [3.8, 4) is 0 Å². The number of nitrogens with zero attached hydrogens (tertiary/aromatic N) is 3. The molecule has 0 saturated heterocycles. The van der Waals surface area contributed by atoms with Crippen LogP contribution >= 0.6 is 22.6 Å². The normalized spacial score (nSPS) is 11.2. The highest BCUT2D eigenvalue weighted by molar-refractivity contribution is 14.1. The van der Waals surface area contributed by atoms with Crippen LogP contribution in [0.4, 0.5) is 11.8 Å². The maximum absolute atomic E-state index is 5.99. The summed E-state index contributed by atoms with van der Waals surface area (Å²) in [7, 11) is 0. The minimum atomic E-state index is 0.200. The van der Waals surface area contributed by atoms with Gasteiger partial charge in [0.1, 0.15) is 5.82 Å². The summed E-state index contributed by atoms with van der Waals surface area (Å²) in [6.07, 6.45) is 3.88. The lowest BCUT2D eigenvalue weighted by Crippen LogP contribution is -2.02. The molecule has 19 heavy (non-hydrogen) atoms. The predicted octanol–water partition coefficient (Wildman–Crippen LogP) is 2.54. The molecule has 2 aromatic heterocycles. The highest BCUT2D eigenvalue weighted by atomic mass is 127. The topological polar surface area (TPSA) is 82.8 Å². The van der Waals surface area contributed by atoms with Gasteiger partial charge in [-0.15, -0.1) is 6.58 Å². The average molecular weight is 365 g/mol. The number of hydrogen-bond acceptors (Lipinski definition) is 4. The van der Waals surface area contributed by atoms with Crippen LogP contribution in [0.3, 0.4) is 0 Å². The lowest BCUT2D eigenvalue weighted by atomic mass is 10.1. The monoisotopic (exact) mass is 365 g/mol. The Hall–Kier alpha value is -1.83. The summed E-state index contributed by atoms with van der Waals surface area (Å²) in [6.45, 7) is 4.53. The number of aromatic nitrogens is 3. The van der Waals surface area contributed by atoms with E-state index < -0.39 is 0 Å². The first-order chi connectivity index (χ1) is 9.11. The molecule has 0 saturated carbocycles. The van der Waals surface area contributed by atoms with E-state index in [1.807, 2.05) is 24.4 Å². The molecule has 3 aromatic rings. The van der Waals surface area contributed by atoms with Gasteiger partial charge >= 0.3 is 0 Å². The maximum Gasteiger partial charge on any atom is 0.222 e. The largest absolute Gasteiger partial charge is 0.383 e. The number of hydrogen-bond donors (Lipinski definition) is 2. The van der Waals surface area contributed by atoms with Crippen molar-refractivity contribution in [1.29, 1.82) is 0 Å². The predicted molar refractivity (Wildman–Crippen MR) is 86.8 cm³/mol. The first-order valence-corrected chi connectivity index (χ1v) is 6.80. The molecule has 0 aliphatic carbocycles. The lowest BCUT2D eigenvalue weighted by molar-refractivity contribution is 0.864. The summed E-state index contributed by atoms with van der Waals surface area (Å²) in [5.41, 5.74) is 13.5. The van der Waals surface area contributed by atoms with E-state index in [0.717, 1.165) is 31.9 Å². The summed E-state index contributed by atoms with van der Waals surface area (Å²) >= 11 is 2.29. The molecule has 4 N–H and O–H groups in total. The van der Waals surface area contributed by atoms with Crippen molar-refractivity contribution in [2.45, 2.75) is 6.54 Å². The van der Waals surface area contributed by atoms with Gasteiger partial charge in [-0.05, 0) is 34.7 Å². The van der Waals surface area contributed by atoms with Crippen molar-refractivity contribution in [3.05, 3.63) is 34.6 Å². The molecular formula is C13H12IN5. The third-order valence-electron chi connectivity index (χ3n) is 3.03. The Bertz CT molecular complexity index is 806. The number of halogens is 1. The number of anilines is 2. The summed E-state index contributed by atoms with van der Waals surface area (Å²) in [5, 5.41) is 1.90. The van der Waals surface area contributed by atoms with Gasteiger partial charge in [0.05, 0.1) is 16.4 Å². The second-order valence-electron chi connectivity index (χ2n) is 4.24. The quantitative estimate of drug-likeness (QED) is 0.540. The molecule has 2 heterocycles. The highest BCUT2D eigenvalue weighted by Crippen LogP contribution is 2.32. The minimum Gasteiger partial charge on any atom is -0.383 e. The number of rotatable bonds is 2. The van der Waals surface area contributed by atoms with Gasteiger partial charge in [0.15, 0.2) is 0 Å². The van der Waals surface area contributed by atoms with E-state index >= 15 is 0 Å². The number of allylic oxidation sites excluding steroid dienone is 1. The Morgan fingerprint density at radius 1 is 1.37 bits per heavy atom. The van der Waals surface area contributed by atoms with Crippen molar-refractivity contribution in [2.24, 2.45) is 0 Å². The lowest BCUT2D eigenvalue weighted by Gasteiger charge is -2.08. The van der Waals surface area contributed by atoms with Gasteiger partial charge in [-0.25, -0.2) is 4.98 Å². The number of fused-ring (bicyclic) bond motifs is 3. The van der Waals surface area contributed by atoms with Gasteiger partial charge in [-0.1, -0.05) is 6.08 Å². The molecule has 0 unspecified atom stereocenters. The molecule has 0 bridgehead atoms. The van der Waals surface area contributed by atoms with E-state index in [-0.39, 0.29) is 5.95 Å². The summed E-state index contributed by atoms with van der Waals surface area (Å²) in [4.78, 5) is 8.30. The highest BCUT2D eigenvalue weighted by Gasteiger charge is 2.13. The number of benzene rings is 1. The molecule has 0 fully saturated rings. The molecule has 0 aliphatic heterocycles. The van der Waals surface area contributed by atoms with E-state index in [2.05, 4.69) is 43.7 Å². The SMILES string of the molecule is C=CCn1ccc2c3c(N)nc(N)nc3cc(I)c21. The number of nitrogen functional groups attached to an aromatic ring is 2. The van der Waals surface area contributed by atoms with Crippen molar-refractivity contribution < 1.29 is 0 Å². The minimum absolute atomic E-state index is 0.200. The Kier molecular flexibility index (Phi) is 2.81. The van der Waals surface area contributed by atoms with Gasteiger partial charge in [0, 0.05) is 21.7 Å². The van der Waals surface area contributed by atoms with Crippen molar-refractivity contribution in [3.63, 3.8) is 0 Å². The van der Waals surface area contributed by atoms with Crippen LogP contribution in [0.5, 0.6) is 0 Å². The summed E-state index contributed by atoms with van der Waals surface area (Å²) < 4.78 is 3.23. The standard InChI is InChI=1S/C13H12IN5/c1-2-4-19-5-3-7-10-9(6-8(14)11(7)19)17-13(16)18-12(10)15/h2-3,5-6H,1,4H2,(H4,15,16,17,18). The van der Waals surface area contributed by atoms with E-state index in [1.165, 1.54) is 0 Å². The molecule has 96 valence electrons. The molecule has 0 spiro atoms. The zero-order valence-electron chi connectivity index (χ0n) is 10.1. The van der Waals surface area contributed by atoms with Crippen LogP contribution in [-0.4, -0.2) is 14.5 Å². The molecule has 1 aromatic carbocycles. The molecule has 0 amide bonds. The Balaban J connectivity index is 2.50. The molecule has 3 rings (SSSR count). The fourth-order valence-corrected chi connectivity index (χ4v) is 3.21. The van der Waals surface area contributed by atoms with E-state index in [0.29, 0.717) is 5.82 Å². The summed E-state index contributed by atoms with van der Waals surface area (Å²) in [5.74, 6) is 0.617. The second kappa shape index (κ2) is 4.37. The maximum atomic E-state index is 5.99. The molecule has 6 heteroatoms. The van der Waals surface area contributed by atoms with Crippen LogP contribution in [0.25, 0.3) is 21.8 Å². The van der Waals surface area contributed by atoms with Crippen molar-refractivity contribution >= 4 is 56.2 Å². The summed E-state index contributed by atoms with van der Waals surface area (Å²) in [6, 6.07) is 4.01. The Morgan fingerprint density at radius 3 is 2.89 bits per heavy atom. The van der Waals surface area contributed by atoms with Crippen LogP contribution in [-0.2, 0) is 6.54 Å². The number of nitrogens with two attached hydrogens (primary N) is 2. The van der Waals surface area contributed by atoms with Gasteiger partial charge < -0.3 is 16.0 Å². The zero-order chi connectivity index (χ0) is 13.6. The Labute approximate surface area is 123 Å². The van der Waals surface area contributed by atoms with Gasteiger partial charge in [-0.2, -0.15) is 4.98 Å². The van der Waals surface area contributed by atoms with Crippen LogP contribution in [0.15, 0.2) is 31.0 Å². The van der Waals surface area contributed by atoms with Crippen molar-refractivity contribution in [1.82, 2.24) is 14.5 Å². The molecule has 0 atom stereocenters. The van der Waals surface area contributed by atoms with Gasteiger partial charge in [0.2, 0.25) is 5.95 Å². The van der Waals surface area contributed by atoms with Crippen LogP contribution < -0.4 is 11.5 Å². The molecule has 0 radical (unpaired) electrons. The Morgan fingerprint density at radius 2 is 2.16 bits per heavy atom. The fraction of sp³-hybridized carbons (Fsp3) is 0.0769. The van der Waals surface area contributed by atoms with Crippen LogP contribution in [0.2, 0.25) is 0 Å². The fourth-order valence-electron chi connectivity index (χ4n) is 2.32. The van der Waals surface area contributed by atoms with Gasteiger partial charge in [0.25, 0.3) is 0 Å². The molecule has 0 aliphatic rings.